The summed E-state index contributed by atoms with van der Waals surface area (Å²) in [4.78, 5) is 0. The van der Waals surface area contributed by atoms with Gasteiger partial charge in [0, 0.05) is 5.39 Å². The molecule has 0 fully saturated rings. The monoisotopic (exact) mass is 276 g/mol. The third-order valence-corrected chi connectivity index (χ3v) is 3.14. The topological polar surface area (TPSA) is 17.8 Å². The van der Waals surface area contributed by atoms with E-state index in [4.69, 9.17) is 0 Å². The van der Waals surface area contributed by atoms with Gasteiger partial charge in [0.05, 0.1) is 23.8 Å². The lowest BCUT2D eigenvalue weighted by atomic mass is 10.1. The van der Waals surface area contributed by atoms with E-state index in [1.165, 1.54) is 6.07 Å². The van der Waals surface area contributed by atoms with Crippen molar-refractivity contribution in [3.63, 3.8) is 0 Å². The molecule has 102 valence electrons. The molecule has 0 unspecified atom stereocenters. The van der Waals surface area contributed by atoms with Gasteiger partial charge in [-0.2, -0.15) is 18.3 Å². The number of benzene rings is 2. The van der Waals surface area contributed by atoms with Gasteiger partial charge in [0.15, 0.2) is 0 Å². The summed E-state index contributed by atoms with van der Waals surface area (Å²) in [6, 6.07) is 12.9. The molecule has 1 aromatic heterocycles. The number of halogens is 3. The Morgan fingerprint density at radius 3 is 2.60 bits per heavy atom. The summed E-state index contributed by atoms with van der Waals surface area (Å²) in [7, 11) is 0. The van der Waals surface area contributed by atoms with E-state index in [1.54, 1.807) is 16.9 Å². The molecule has 20 heavy (non-hydrogen) atoms. The lowest BCUT2D eigenvalue weighted by Crippen LogP contribution is -2.07. The summed E-state index contributed by atoms with van der Waals surface area (Å²) in [5, 5.41) is 5.19. The molecule has 2 aromatic carbocycles. The molecular formula is C15H11F3N2. The number of rotatable bonds is 2. The van der Waals surface area contributed by atoms with Gasteiger partial charge in [-0.3, -0.25) is 4.68 Å². The van der Waals surface area contributed by atoms with Crippen LogP contribution in [0.4, 0.5) is 13.2 Å². The number of hydrogen-bond acceptors (Lipinski definition) is 1. The number of aromatic nitrogens is 2. The number of para-hydroxylation sites is 1. The average Bonchev–Trinajstić information content (AvgIpc) is 2.82. The van der Waals surface area contributed by atoms with Crippen molar-refractivity contribution >= 4 is 10.9 Å². The van der Waals surface area contributed by atoms with Crippen molar-refractivity contribution in [2.45, 2.75) is 12.7 Å². The van der Waals surface area contributed by atoms with E-state index in [0.29, 0.717) is 12.1 Å². The Kier molecular flexibility index (Phi) is 2.97. The van der Waals surface area contributed by atoms with Crippen LogP contribution in [0.5, 0.6) is 0 Å². The van der Waals surface area contributed by atoms with E-state index < -0.39 is 11.7 Å². The molecule has 0 spiro atoms. The summed E-state index contributed by atoms with van der Waals surface area (Å²) in [6.07, 6.45) is -2.61. The standard InChI is InChI=1S/C15H11F3N2/c16-15(17,18)13-6-3-4-11(8-13)10-20-14-7-2-1-5-12(14)9-19-20/h1-9H,10H2. The summed E-state index contributed by atoms with van der Waals surface area (Å²) in [5.41, 5.74) is 0.852. The Bertz CT molecular complexity index is 744. The van der Waals surface area contributed by atoms with Crippen molar-refractivity contribution in [2.75, 3.05) is 0 Å². The SMILES string of the molecule is FC(F)(F)c1cccc(Cn2ncc3ccccc32)c1. The molecule has 0 atom stereocenters. The summed E-state index contributed by atoms with van der Waals surface area (Å²) in [6.45, 7) is 0.317. The first-order chi connectivity index (χ1) is 9.54. The van der Waals surface area contributed by atoms with Gasteiger partial charge in [-0.25, -0.2) is 0 Å². The van der Waals surface area contributed by atoms with Gasteiger partial charge < -0.3 is 0 Å². The first kappa shape index (κ1) is 12.7. The molecule has 0 aliphatic heterocycles. The molecule has 0 aliphatic rings. The highest BCUT2D eigenvalue weighted by Crippen LogP contribution is 2.29. The van der Waals surface area contributed by atoms with Gasteiger partial charge in [-0.15, -0.1) is 0 Å². The Morgan fingerprint density at radius 1 is 1.00 bits per heavy atom. The van der Waals surface area contributed by atoms with Crippen LogP contribution in [0.3, 0.4) is 0 Å². The smallest absolute Gasteiger partial charge is 0.260 e. The minimum atomic E-state index is -4.32. The lowest BCUT2D eigenvalue weighted by molar-refractivity contribution is -0.137. The Hall–Kier alpha value is -2.30. The maximum absolute atomic E-state index is 12.7. The zero-order valence-corrected chi connectivity index (χ0v) is 10.4. The highest BCUT2D eigenvalue weighted by molar-refractivity contribution is 5.78. The van der Waals surface area contributed by atoms with E-state index in [0.717, 1.165) is 23.0 Å². The quantitative estimate of drug-likeness (QED) is 0.689. The van der Waals surface area contributed by atoms with Crippen LogP contribution in [0, 0.1) is 0 Å². The summed E-state index contributed by atoms with van der Waals surface area (Å²) < 4.78 is 39.7. The normalized spacial score (nSPS) is 11.9. The zero-order valence-electron chi connectivity index (χ0n) is 10.4. The molecule has 5 heteroatoms. The highest BCUT2D eigenvalue weighted by atomic mass is 19.4. The van der Waals surface area contributed by atoms with Gasteiger partial charge in [-0.05, 0) is 23.8 Å². The van der Waals surface area contributed by atoms with E-state index in [1.807, 2.05) is 24.3 Å². The molecular weight excluding hydrogens is 265 g/mol. The fraction of sp³-hybridized carbons (Fsp3) is 0.133. The number of alkyl halides is 3. The van der Waals surface area contributed by atoms with Gasteiger partial charge in [-0.1, -0.05) is 30.3 Å². The number of fused-ring (bicyclic) bond motifs is 1. The second-order valence-electron chi connectivity index (χ2n) is 4.56. The maximum atomic E-state index is 12.7. The molecule has 3 aromatic rings. The summed E-state index contributed by atoms with van der Waals surface area (Å²) >= 11 is 0. The average molecular weight is 276 g/mol. The molecule has 0 saturated carbocycles. The molecule has 3 rings (SSSR count). The first-order valence-electron chi connectivity index (χ1n) is 6.11. The van der Waals surface area contributed by atoms with Gasteiger partial charge in [0.2, 0.25) is 0 Å². The van der Waals surface area contributed by atoms with E-state index in [-0.39, 0.29) is 0 Å². The van der Waals surface area contributed by atoms with Crippen LogP contribution in [0.25, 0.3) is 10.9 Å². The molecule has 0 amide bonds. The van der Waals surface area contributed by atoms with Crippen LogP contribution in [-0.4, -0.2) is 9.78 Å². The first-order valence-corrected chi connectivity index (χ1v) is 6.11. The van der Waals surface area contributed by atoms with E-state index in [2.05, 4.69) is 5.10 Å². The number of hydrogen-bond donors (Lipinski definition) is 0. The van der Waals surface area contributed by atoms with Crippen molar-refractivity contribution in [1.82, 2.24) is 9.78 Å². The minimum Gasteiger partial charge on any atom is -0.260 e. The van der Waals surface area contributed by atoms with Crippen molar-refractivity contribution in [3.8, 4) is 0 Å². The Balaban J connectivity index is 1.95. The number of nitrogens with zero attached hydrogens (tertiary/aromatic N) is 2. The summed E-state index contributed by atoms with van der Waals surface area (Å²) in [5.74, 6) is 0. The second-order valence-corrected chi connectivity index (χ2v) is 4.56. The third kappa shape index (κ3) is 2.39. The third-order valence-electron chi connectivity index (χ3n) is 3.14. The predicted molar refractivity (Wildman–Crippen MR) is 70.3 cm³/mol. The fourth-order valence-corrected chi connectivity index (χ4v) is 2.17. The van der Waals surface area contributed by atoms with Crippen molar-refractivity contribution in [2.24, 2.45) is 0 Å². The van der Waals surface area contributed by atoms with Crippen molar-refractivity contribution in [3.05, 3.63) is 65.9 Å². The van der Waals surface area contributed by atoms with Crippen LogP contribution >= 0.6 is 0 Å². The lowest BCUT2D eigenvalue weighted by Gasteiger charge is -2.09. The van der Waals surface area contributed by atoms with Crippen molar-refractivity contribution < 1.29 is 13.2 Å². The van der Waals surface area contributed by atoms with E-state index in [9.17, 15) is 13.2 Å². The van der Waals surface area contributed by atoms with Gasteiger partial charge in [0.25, 0.3) is 0 Å². The van der Waals surface area contributed by atoms with Crippen LogP contribution in [0.1, 0.15) is 11.1 Å². The molecule has 1 heterocycles. The molecule has 0 saturated heterocycles. The fourth-order valence-electron chi connectivity index (χ4n) is 2.17. The Labute approximate surface area is 113 Å². The highest BCUT2D eigenvalue weighted by Gasteiger charge is 2.30. The molecule has 0 aliphatic carbocycles. The second kappa shape index (κ2) is 4.67. The van der Waals surface area contributed by atoms with Gasteiger partial charge in [0.1, 0.15) is 0 Å². The zero-order chi connectivity index (χ0) is 14.2. The van der Waals surface area contributed by atoms with Gasteiger partial charge >= 0.3 is 6.18 Å². The van der Waals surface area contributed by atoms with Crippen LogP contribution < -0.4 is 0 Å². The molecule has 0 N–H and O–H groups in total. The van der Waals surface area contributed by atoms with E-state index >= 15 is 0 Å². The molecule has 2 nitrogen and oxygen atoms in total. The van der Waals surface area contributed by atoms with Crippen LogP contribution in [0.2, 0.25) is 0 Å². The largest absolute Gasteiger partial charge is 0.416 e. The predicted octanol–water partition coefficient (Wildman–Crippen LogP) is 4.10. The Morgan fingerprint density at radius 2 is 1.80 bits per heavy atom. The molecule has 0 bridgehead atoms. The van der Waals surface area contributed by atoms with Crippen LogP contribution in [-0.2, 0) is 12.7 Å². The van der Waals surface area contributed by atoms with Crippen LogP contribution in [0.15, 0.2) is 54.7 Å². The maximum Gasteiger partial charge on any atom is 0.416 e. The molecule has 0 radical (unpaired) electrons. The van der Waals surface area contributed by atoms with Crippen molar-refractivity contribution in [1.29, 1.82) is 0 Å². The minimum absolute atomic E-state index is 0.317.